The molecule has 0 bridgehead atoms. The summed E-state index contributed by atoms with van der Waals surface area (Å²) < 4.78 is 5.35. The Morgan fingerprint density at radius 1 is 1.32 bits per heavy atom. The quantitative estimate of drug-likeness (QED) is 0.294. The van der Waals surface area contributed by atoms with E-state index < -0.39 is 0 Å². The van der Waals surface area contributed by atoms with Crippen molar-refractivity contribution in [2.75, 3.05) is 46.4 Å². The van der Waals surface area contributed by atoms with Gasteiger partial charge in [-0.25, -0.2) is 0 Å². The summed E-state index contributed by atoms with van der Waals surface area (Å²) in [6.07, 6.45) is 1.76. The normalized spacial score (nSPS) is 15.7. The van der Waals surface area contributed by atoms with Gasteiger partial charge in [0, 0.05) is 33.2 Å². The van der Waals surface area contributed by atoms with Crippen molar-refractivity contribution in [3.05, 3.63) is 48.6 Å². The van der Waals surface area contributed by atoms with Crippen LogP contribution in [0.25, 0.3) is 0 Å². The number of halogens is 1. The van der Waals surface area contributed by atoms with Crippen LogP contribution in [0.1, 0.15) is 11.5 Å². The van der Waals surface area contributed by atoms with Crippen LogP contribution >= 0.6 is 24.0 Å². The van der Waals surface area contributed by atoms with Crippen LogP contribution < -0.4 is 10.6 Å². The summed E-state index contributed by atoms with van der Waals surface area (Å²) in [5.41, 5.74) is 1.00. The van der Waals surface area contributed by atoms with Crippen molar-refractivity contribution in [2.24, 2.45) is 4.99 Å². The van der Waals surface area contributed by atoms with Crippen molar-refractivity contribution >= 4 is 35.8 Å². The van der Waals surface area contributed by atoms with Crippen LogP contribution in [0.4, 0.5) is 0 Å². The van der Waals surface area contributed by atoms with E-state index in [9.17, 15) is 4.79 Å². The predicted molar refractivity (Wildman–Crippen MR) is 112 cm³/mol. The molecule has 1 fully saturated rings. The maximum Gasteiger partial charge on any atom is 0.232 e. The second-order valence-electron chi connectivity index (χ2n) is 5.52. The smallest absolute Gasteiger partial charge is 0.232 e. The van der Waals surface area contributed by atoms with Gasteiger partial charge < -0.3 is 20.3 Å². The third-order valence-corrected chi connectivity index (χ3v) is 3.93. The molecule has 0 radical (unpaired) electrons. The van der Waals surface area contributed by atoms with Gasteiger partial charge in [0.2, 0.25) is 5.91 Å². The number of hydrogen-bond donors (Lipinski definition) is 2. The van der Waals surface area contributed by atoms with Gasteiger partial charge in [0.25, 0.3) is 0 Å². The van der Waals surface area contributed by atoms with Gasteiger partial charge in [-0.1, -0.05) is 36.4 Å². The van der Waals surface area contributed by atoms with E-state index in [4.69, 9.17) is 4.74 Å². The first-order valence-electron chi connectivity index (χ1n) is 8.23. The fourth-order valence-corrected chi connectivity index (χ4v) is 2.63. The summed E-state index contributed by atoms with van der Waals surface area (Å²) in [6, 6.07) is 9.85. The Labute approximate surface area is 166 Å². The number of carbonyl (C=O) groups excluding carboxylic acids is 1. The van der Waals surface area contributed by atoms with Gasteiger partial charge >= 0.3 is 0 Å². The van der Waals surface area contributed by atoms with E-state index >= 15 is 0 Å². The molecule has 2 rings (SSSR count). The molecule has 2 N–H and O–H groups in total. The number of aliphatic imine (C=N–C) groups is 1. The Hall–Kier alpha value is -1.61. The van der Waals surface area contributed by atoms with Crippen LogP contribution in [0.15, 0.2) is 48.0 Å². The van der Waals surface area contributed by atoms with Gasteiger partial charge in [0.1, 0.15) is 0 Å². The van der Waals surface area contributed by atoms with Crippen molar-refractivity contribution in [1.82, 2.24) is 15.5 Å². The van der Waals surface area contributed by atoms with Crippen molar-refractivity contribution < 1.29 is 9.53 Å². The molecule has 6 nitrogen and oxygen atoms in total. The molecule has 1 aliphatic rings. The Morgan fingerprint density at radius 2 is 2.00 bits per heavy atom. The van der Waals surface area contributed by atoms with E-state index in [2.05, 4.69) is 22.2 Å². The second kappa shape index (κ2) is 11.9. The fourth-order valence-electron chi connectivity index (χ4n) is 2.63. The lowest BCUT2D eigenvalue weighted by Crippen LogP contribution is -2.47. The Morgan fingerprint density at radius 3 is 2.60 bits per heavy atom. The minimum Gasteiger partial charge on any atom is -0.378 e. The van der Waals surface area contributed by atoms with Crippen LogP contribution in [-0.2, 0) is 9.53 Å². The summed E-state index contributed by atoms with van der Waals surface area (Å²) in [7, 11) is 1.71. The number of morpholine rings is 1. The number of carbonyl (C=O) groups is 1. The van der Waals surface area contributed by atoms with E-state index in [1.54, 1.807) is 13.1 Å². The summed E-state index contributed by atoms with van der Waals surface area (Å²) in [6.45, 7) is 7.27. The number of benzene rings is 1. The molecule has 7 heteroatoms. The molecule has 1 aromatic rings. The van der Waals surface area contributed by atoms with E-state index in [1.807, 2.05) is 35.2 Å². The molecule has 1 heterocycles. The van der Waals surface area contributed by atoms with E-state index in [1.165, 1.54) is 0 Å². The lowest BCUT2D eigenvalue weighted by molar-refractivity contribution is -0.136. The van der Waals surface area contributed by atoms with E-state index in [0.29, 0.717) is 45.4 Å². The molecular weight excluding hydrogens is 431 g/mol. The maximum atomic E-state index is 13.0. The summed E-state index contributed by atoms with van der Waals surface area (Å²) in [5.74, 6) is 0.522. The van der Waals surface area contributed by atoms with E-state index in [-0.39, 0.29) is 35.8 Å². The molecule has 1 aromatic carbocycles. The Kier molecular flexibility index (Phi) is 10.2. The third-order valence-electron chi connectivity index (χ3n) is 3.93. The molecular formula is C18H27IN4O2. The molecule has 1 aliphatic heterocycles. The molecule has 0 aliphatic carbocycles. The summed E-state index contributed by atoms with van der Waals surface area (Å²) in [5, 5.41) is 6.36. The zero-order chi connectivity index (χ0) is 17.2. The first kappa shape index (κ1) is 21.4. The lowest BCUT2D eigenvalue weighted by atomic mass is 9.97. The van der Waals surface area contributed by atoms with Crippen molar-refractivity contribution in [1.29, 1.82) is 0 Å². The lowest BCUT2D eigenvalue weighted by Gasteiger charge is -2.31. The molecule has 25 heavy (non-hydrogen) atoms. The van der Waals surface area contributed by atoms with Crippen LogP contribution in [0.2, 0.25) is 0 Å². The summed E-state index contributed by atoms with van der Waals surface area (Å²) in [4.78, 5) is 19.0. The Bertz CT molecular complexity index is 559. The average molecular weight is 458 g/mol. The number of nitrogens with one attached hydrogen (secondary N) is 2. The van der Waals surface area contributed by atoms with Crippen LogP contribution in [0, 0.1) is 0 Å². The molecule has 1 saturated heterocycles. The van der Waals surface area contributed by atoms with Crippen molar-refractivity contribution in [3.63, 3.8) is 0 Å². The molecule has 138 valence electrons. The highest BCUT2D eigenvalue weighted by atomic mass is 127. The van der Waals surface area contributed by atoms with Gasteiger partial charge in [-0.15, -0.1) is 30.6 Å². The monoisotopic (exact) mass is 458 g/mol. The topological polar surface area (TPSA) is 66.0 Å². The van der Waals surface area contributed by atoms with E-state index in [0.717, 1.165) is 5.56 Å². The molecule has 0 spiro atoms. The largest absolute Gasteiger partial charge is 0.378 e. The molecule has 1 amide bonds. The Balaban J connectivity index is 0.00000312. The van der Waals surface area contributed by atoms with Gasteiger partial charge in [-0.2, -0.15) is 0 Å². The standard InChI is InChI=1S/C18H26N4O2.HI/c1-3-9-20-18(19-2)21-14-16(15-7-5-4-6-8-15)17(23)22-10-12-24-13-11-22;/h3-8,16H,1,9-14H2,2H3,(H2,19,20,21);1H. The highest BCUT2D eigenvalue weighted by Crippen LogP contribution is 2.18. The van der Waals surface area contributed by atoms with Crippen LogP contribution in [0.3, 0.4) is 0 Å². The minimum atomic E-state index is -0.258. The van der Waals surface area contributed by atoms with Crippen LogP contribution in [0.5, 0.6) is 0 Å². The number of hydrogen-bond acceptors (Lipinski definition) is 3. The number of amides is 1. The maximum absolute atomic E-state index is 13.0. The molecule has 1 unspecified atom stereocenters. The van der Waals surface area contributed by atoms with Gasteiger partial charge in [0.05, 0.1) is 19.1 Å². The highest BCUT2D eigenvalue weighted by Gasteiger charge is 2.27. The molecule has 0 aromatic heterocycles. The second-order valence-corrected chi connectivity index (χ2v) is 5.52. The van der Waals surface area contributed by atoms with Gasteiger partial charge in [0.15, 0.2) is 5.96 Å². The van der Waals surface area contributed by atoms with Crippen molar-refractivity contribution in [3.8, 4) is 0 Å². The third kappa shape index (κ3) is 6.66. The predicted octanol–water partition coefficient (Wildman–Crippen LogP) is 1.60. The fraction of sp³-hybridized carbons (Fsp3) is 0.444. The number of nitrogens with zero attached hydrogens (tertiary/aromatic N) is 2. The zero-order valence-electron chi connectivity index (χ0n) is 14.6. The number of rotatable bonds is 6. The average Bonchev–Trinajstić information content (AvgIpc) is 2.65. The van der Waals surface area contributed by atoms with Gasteiger partial charge in [-0.3, -0.25) is 9.79 Å². The van der Waals surface area contributed by atoms with Gasteiger partial charge in [-0.05, 0) is 5.56 Å². The minimum absolute atomic E-state index is 0. The zero-order valence-corrected chi connectivity index (χ0v) is 16.9. The number of guanidine groups is 1. The van der Waals surface area contributed by atoms with Crippen LogP contribution in [-0.4, -0.2) is 63.2 Å². The van der Waals surface area contributed by atoms with Crippen molar-refractivity contribution in [2.45, 2.75) is 5.92 Å². The summed E-state index contributed by atoms with van der Waals surface area (Å²) >= 11 is 0. The highest BCUT2D eigenvalue weighted by molar-refractivity contribution is 14.0. The number of ether oxygens (including phenoxy) is 1. The molecule has 1 atom stereocenters. The SMILES string of the molecule is C=CCNC(=NC)NCC(C(=O)N1CCOCC1)c1ccccc1.I. The first-order valence-corrected chi connectivity index (χ1v) is 8.23. The first-order chi connectivity index (χ1) is 11.8. The molecule has 0 saturated carbocycles.